The Kier molecular flexibility index (Phi) is 5.21. The van der Waals surface area contributed by atoms with E-state index in [4.69, 9.17) is 0 Å². The Bertz CT molecular complexity index is 851. The van der Waals surface area contributed by atoms with Crippen LogP contribution in [0.15, 0.2) is 67.0 Å². The first-order valence-corrected chi connectivity index (χ1v) is 7.93. The molecule has 6 nitrogen and oxygen atoms in total. The van der Waals surface area contributed by atoms with Gasteiger partial charge in [-0.05, 0) is 29.8 Å². The van der Waals surface area contributed by atoms with E-state index in [9.17, 15) is 4.79 Å². The van der Waals surface area contributed by atoms with Crippen LogP contribution in [0.25, 0.3) is 0 Å². The van der Waals surface area contributed by atoms with Crippen molar-refractivity contribution in [3.05, 3.63) is 72.6 Å². The normalized spacial score (nSPS) is 10.1. The summed E-state index contributed by atoms with van der Waals surface area (Å²) in [6, 6.07) is 19.4. The van der Waals surface area contributed by atoms with Gasteiger partial charge in [-0.1, -0.05) is 30.3 Å². The molecule has 0 saturated heterocycles. The summed E-state index contributed by atoms with van der Waals surface area (Å²) in [6.45, 7) is 2.09. The van der Waals surface area contributed by atoms with E-state index in [1.165, 1.54) is 13.3 Å². The average Bonchev–Trinajstić information content (AvgIpc) is 2.61. The first-order chi connectivity index (χ1) is 12.2. The van der Waals surface area contributed by atoms with Crippen LogP contribution in [0.2, 0.25) is 0 Å². The van der Waals surface area contributed by atoms with Gasteiger partial charge in [0.05, 0.1) is 0 Å². The van der Waals surface area contributed by atoms with E-state index in [-0.39, 0.29) is 5.91 Å². The number of hydrogen-bond donors (Lipinski definition) is 3. The lowest BCUT2D eigenvalue weighted by atomic mass is 10.2. The van der Waals surface area contributed by atoms with Gasteiger partial charge in [0.1, 0.15) is 18.0 Å². The maximum atomic E-state index is 11.1. The molecule has 3 N–H and O–H groups in total. The van der Waals surface area contributed by atoms with Crippen molar-refractivity contribution in [1.29, 1.82) is 0 Å². The fourth-order valence-electron chi connectivity index (χ4n) is 2.35. The van der Waals surface area contributed by atoms with Gasteiger partial charge in [-0.3, -0.25) is 4.79 Å². The monoisotopic (exact) mass is 333 g/mol. The largest absolute Gasteiger partial charge is 0.366 e. The molecule has 0 aliphatic rings. The summed E-state index contributed by atoms with van der Waals surface area (Å²) in [7, 11) is 0. The molecule has 0 unspecified atom stereocenters. The van der Waals surface area contributed by atoms with Crippen LogP contribution in [-0.2, 0) is 11.3 Å². The van der Waals surface area contributed by atoms with E-state index in [2.05, 4.69) is 25.9 Å². The zero-order valence-corrected chi connectivity index (χ0v) is 13.9. The highest BCUT2D eigenvalue weighted by Gasteiger charge is 2.01. The highest BCUT2D eigenvalue weighted by atomic mass is 16.1. The van der Waals surface area contributed by atoms with E-state index in [0.29, 0.717) is 6.54 Å². The highest BCUT2D eigenvalue weighted by Crippen LogP contribution is 2.17. The second kappa shape index (κ2) is 7.92. The summed E-state index contributed by atoms with van der Waals surface area (Å²) in [5.74, 6) is 1.35. The van der Waals surface area contributed by atoms with Gasteiger partial charge >= 0.3 is 0 Å². The molecular weight excluding hydrogens is 314 g/mol. The van der Waals surface area contributed by atoms with Crippen molar-refractivity contribution >= 4 is 28.9 Å². The summed E-state index contributed by atoms with van der Waals surface area (Å²) in [6.07, 6.45) is 1.52. The lowest BCUT2D eigenvalue weighted by Gasteiger charge is -2.10. The van der Waals surface area contributed by atoms with Crippen LogP contribution >= 0.6 is 0 Å². The van der Waals surface area contributed by atoms with Crippen molar-refractivity contribution in [2.45, 2.75) is 13.5 Å². The molecule has 3 aromatic rings. The third-order valence-corrected chi connectivity index (χ3v) is 3.43. The van der Waals surface area contributed by atoms with Crippen molar-refractivity contribution in [3.8, 4) is 0 Å². The molecule has 0 atom stereocenters. The molecule has 0 spiro atoms. The van der Waals surface area contributed by atoms with Crippen LogP contribution in [0.5, 0.6) is 0 Å². The number of anilines is 4. The lowest BCUT2D eigenvalue weighted by molar-refractivity contribution is -0.114. The maximum absolute atomic E-state index is 11.1. The Hall–Kier alpha value is -3.41. The Morgan fingerprint density at radius 3 is 2.48 bits per heavy atom. The number of aromatic nitrogens is 2. The lowest BCUT2D eigenvalue weighted by Crippen LogP contribution is -2.07. The standard InChI is InChI=1S/C19H19N5O/c1-14(25)23-17-9-5-6-15(10-17)12-20-18-11-19(22-13-21-18)24-16-7-3-2-4-8-16/h2-11,13H,12H2,1H3,(H,23,25)(H2,20,21,22,24). The van der Waals surface area contributed by atoms with E-state index >= 15 is 0 Å². The molecule has 1 heterocycles. The average molecular weight is 333 g/mol. The molecular formula is C19H19N5O. The molecule has 3 rings (SSSR count). The SMILES string of the molecule is CC(=O)Nc1cccc(CNc2cc(Nc3ccccc3)ncn2)c1. The summed E-state index contributed by atoms with van der Waals surface area (Å²) in [4.78, 5) is 19.6. The van der Waals surface area contributed by atoms with Gasteiger partial charge in [0.25, 0.3) is 0 Å². The van der Waals surface area contributed by atoms with Gasteiger partial charge in [-0.25, -0.2) is 9.97 Å². The fourth-order valence-corrected chi connectivity index (χ4v) is 2.35. The van der Waals surface area contributed by atoms with E-state index < -0.39 is 0 Å². The first-order valence-electron chi connectivity index (χ1n) is 7.93. The van der Waals surface area contributed by atoms with Crippen molar-refractivity contribution in [1.82, 2.24) is 9.97 Å². The molecule has 1 amide bonds. The third kappa shape index (κ3) is 5.04. The van der Waals surface area contributed by atoms with Gasteiger partial charge in [-0.2, -0.15) is 0 Å². The predicted octanol–water partition coefficient (Wildman–Crippen LogP) is 3.79. The number of nitrogens with one attached hydrogen (secondary N) is 3. The molecule has 6 heteroatoms. The number of para-hydroxylation sites is 1. The molecule has 1 aromatic heterocycles. The van der Waals surface area contributed by atoms with Gasteiger partial charge in [0, 0.05) is 30.9 Å². The van der Waals surface area contributed by atoms with E-state index in [1.54, 1.807) is 0 Å². The summed E-state index contributed by atoms with van der Waals surface area (Å²) >= 11 is 0. The molecule has 126 valence electrons. The van der Waals surface area contributed by atoms with E-state index in [0.717, 1.165) is 28.6 Å². The number of hydrogen-bond acceptors (Lipinski definition) is 5. The van der Waals surface area contributed by atoms with Gasteiger partial charge in [0.15, 0.2) is 0 Å². The van der Waals surface area contributed by atoms with Crippen LogP contribution < -0.4 is 16.0 Å². The number of carbonyl (C=O) groups excluding carboxylic acids is 1. The Morgan fingerprint density at radius 1 is 0.920 bits per heavy atom. The topological polar surface area (TPSA) is 78.9 Å². The molecule has 0 fully saturated rings. The minimum absolute atomic E-state index is 0.0856. The quantitative estimate of drug-likeness (QED) is 0.639. The number of nitrogens with zero attached hydrogens (tertiary/aromatic N) is 2. The van der Waals surface area contributed by atoms with Crippen LogP contribution in [0.3, 0.4) is 0 Å². The summed E-state index contributed by atoms with van der Waals surface area (Å²) < 4.78 is 0. The number of carbonyl (C=O) groups is 1. The number of benzene rings is 2. The molecule has 0 aliphatic heterocycles. The van der Waals surface area contributed by atoms with Crippen molar-refractivity contribution in [2.75, 3.05) is 16.0 Å². The Morgan fingerprint density at radius 2 is 1.68 bits per heavy atom. The van der Waals surface area contributed by atoms with Crippen molar-refractivity contribution in [3.63, 3.8) is 0 Å². The zero-order chi connectivity index (χ0) is 17.5. The first kappa shape index (κ1) is 16.4. The Labute approximate surface area is 146 Å². The predicted molar refractivity (Wildman–Crippen MR) is 99.8 cm³/mol. The second-order valence-corrected chi connectivity index (χ2v) is 5.51. The molecule has 0 radical (unpaired) electrons. The highest BCUT2D eigenvalue weighted by molar-refractivity contribution is 5.88. The van der Waals surface area contributed by atoms with Crippen LogP contribution in [0.4, 0.5) is 23.0 Å². The van der Waals surface area contributed by atoms with E-state index in [1.807, 2.05) is 60.7 Å². The van der Waals surface area contributed by atoms with Crippen molar-refractivity contribution in [2.24, 2.45) is 0 Å². The molecule has 0 bridgehead atoms. The Balaban J connectivity index is 1.63. The van der Waals surface area contributed by atoms with Crippen LogP contribution in [0.1, 0.15) is 12.5 Å². The smallest absolute Gasteiger partial charge is 0.221 e. The second-order valence-electron chi connectivity index (χ2n) is 5.51. The third-order valence-electron chi connectivity index (χ3n) is 3.43. The van der Waals surface area contributed by atoms with Gasteiger partial charge < -0.3 is 16.0 Å². The van der Waals surface area contributed by atoms with Crippen LogP contribution in [0, 0.1) is 0 Å². The summed E-state index contributed by atoms with van der Waals surface area (Å²) in [5, 5.41) is 9.28. The number of amides is 1. The molecule has 0 aliphatic carbocycles. The molecule has 2 aromatic carbocycles. The minimum Gasteiger partial charge on any atom is -0.366 e. The van der Waals surface area contributed by atoms with Gasteiger partial charge in [0.2, 0.25) is 5.91 Å². The number of rotatable bonds is 6. The maximum Gasteiger partial charge on any atom is 0.221 e. The van der Waals surface area contributed by atoms with Gasteiger partial charge in [-0.15, -0.1) is 0 Å². The van der Waals surface area contributed by atoms with Crippen molar-refractivity contribution < 1.29 is 4.79 Å². The zero-order valence-electron chi connectivity index (χ0n) is 13.9. The fraction of sp³-hybridized carbons (Fsp3) is 0.105. The molecule has 0 saturated carbocycles. The molecule has 25 heavy (non-hydrogen) atoms. The van der Waals surface area contributed by atoms with Crippen LogP contribution in [-0.4, -0.2) is 15.9 Å². The minimum atomic E-state index is -0.0856. The summed E-state index contributed by atoms with van der Waals surface area (Å²) in [5.41, 5.74) is 2.79.